The minimum Gasteiger partial charge on any atom is -0.298 e. The number of rotatable bonds is 5. The largest absolute Gasteiger partial charge is 0.298 e. The first-order valence-corrected chi connectivity index (χ1v) is 4.18. The van der Waals surface area contributed by atoms with Gasteiger partial charge in [-0.25, -0.2) is 4.39 Å². The molecule has 1 aliphatic rings. The van der Waals surface area contributed by atoms with Crippen molar-refractivity contribution in [1.29, 1.82) is 0 Å². The van der Waals surface area contributed by atoms with Crippen LogP contribution >= 0.6 is 0 Å². The monoisotopic (exact) mass is 145 g/mol. The lowest BCUT2D eigenvalue weighted by Crippen LogP contribution is -2.28. The van der Waals surface area contributed by atoms with Crippen molar-refractivity contribution in [2.75, 3.05) is 19.8 Å². The van der Waals surface area contributed by atoms with E-state index in [0.29, 0.717) is 6.54 Å². The molecule has 0 aliphatic heterocycles. The Labute approximate surface area is 62.2 Å². The third-order valence-electron chi connectivity index (χ3n) is 1.95. The van der Waals surface area contributed by atoms with Crippen LogP contribution in [0.4, 0.5) is 4.39 Å². The summed E-state index contributed by atoms with van der Waals surface area (Å²) in [7, 11) is 0. The Hall–Kier alpha value is -0.110. The summed E-state index contributed by atoms with van der Waals surface area (Å²) in [4.78, 5) is 2.26. The van der Waals surface area contributed by atoms with Crippen LogP contribution in [0.25, 0.3) is 0 Å². The van der Waals surface area contributed by atoms with Gasteiger partial charge >= 0.3 is 0 Å². The molecule has 0 aromatic rings. The zero-order valence-electron chi connectivity index (χ0n) is 6.65. The van der Waals surface area contributed by atoms with Crippen molar-refractivity contribution in [2.24, 2.45) is 0 Å². The van der Waals surface area contributed by atoms with Gasteiger partial charge in [-0.2, -0.15) is 0 Å². The van der Waals surface area contributed by atoms with Crippen LogP contribution in [0.15, 0.2) is 0 Å². The molecule has 0 saturated heterocycles. The third kappa shape index (κ3) is 2.25. The quantitative estimate of drug-likeness (QED) is 0.570. The summed E-state index contributed by atoms with van der Waals surface area (Å²) in [5, 5.41) is 0. The lowest BCUT2D eigenvalue weighted by atomic mass is 10.4. The molecule has 0 heterocycles. The SMILES string of the molecule is CCCN(CCF)C1CC1. The molecule has 0 spiro atoms. The maximum atomic E-state index is 11.9. The van der Waals surface area contributed by atoms with E-state index in [9.17, 15) is 4.39 Å². The average Bonchev–Trinajstić information content (AvgIpc) is 2.69. The third-order valence-corrected chi connectivity index (χ3v) is 1.95. The second-order valence-electron chi connectivity index (χ2n) is 2.96. The first-order valence-electron chi connectivity index (χ1n) is 4.18. The van der Waals surface area contributed by atoms with Crippen molar-refractivity contribution in [3.63, 3.8) is 0 Å². The molecule has 60 valence electrons. The Morgan fingerprint density at radius 3 is 2.50 bits per heavy atom. The molecule has 0 atom stereocenters. The summed E-state index contributed by atoms with van der Waals surface area (Å²) in [5.41, 5.74) is 0. The summed E-state index contributed by atoms with van der Waals surface area (Å²) in [6, 6.07) is 0.732. The highest BCUT2D eigenvalue weighted by molar-refractivity contribution is 4.83. The predicted molar refractivity (Wildman–Crippen MR) is 40.9 cm³/mol. The van der Waals surface area contributed by atoms with Crippen molar-refractivity contribution >= 4 is 0 Å². The Morgan fingerprint density at radius 1 is 1.40 bits per heavy atom. The summed E-state index contributed by atoms with van der Waals surface area (Å²) >= 11 is 0. The second kappa shape index (κ2) is 3.91. The van der Waals surface area contributed by atoms with Crippen LogP contribution < -0.4 is 0 Å². The van der Waals surface area contributed by atoms with E-state index >= 15 is 0 Å². The topological polar surface area (TPSA) is 3.24 Å². The highest BCUT2D eigenvalue weighted by Gasteiger charge is 2.27. The zero-order valence-corrected chi connectivity index (χ0v) is 6.65. The van der Waals surface area contributed by atoms with Crippen molar-refractivity contribution in [1.82, 2.24) is 4.90 Å². The van der Waals surface area contributed by atoms with E-state index in [1.807, 2.05) is 0 Å². The van der Waals surface area contributed by atoms with Crippen LogP contribution in [0.5, 0.6) is 0 Å². The molecule has 0 bridgehead atoms. The van der Waals surface area contributed by atoms with Gasteiger partial charge in [0.15, 0.2) is 0 Å². The van der Waals surface area contributed by atoms with E-state index in [0.717, 1.165) is 19.0 Å². The van der Waals surface area contributed by atoms with Crippen LogP contribution in [0.1, 0.15) is 26.2 Å². The normalized spacial score (nSPS) is 18.3. The first-order chi connectivity index (χ1) is 4.88. The maximum absolute atomic E-state index is 11.9. The molecule has 1 fully saturated rings. The lowest BCUT2D eigenvalue weighted by Gasteiger charge is -2.18. The van der Waals surface area contributed by atoms with Crippen LogP contribution in [-0.4, -0.2) is 30.7 Å². The number of hydrogen-bond acceptors (Lipinski definition) is 1. The fraction of sp³-hybridized carbons (Fsp3) is 1.00. The van der Waals surface area contributed by atoms with Crippen molar-refractivity contribution in [2.45, 2.75) is 32.2 Å². The molecule has 0 aromatic heterocycles. The van der Waals surface area contributed by atoms with Crippen molar-refractivity contribution in [3.8, 4) is 0 Å². The van der Waals surface area contributed by atoms with Gasteiger partial charge in [0.25, 0.3) is 0 Å². The van der Waals surface area contributed by atoms with Crippen LogP contribution in [0.3, 0.4) is 0 Å². The molecule has 1 saturated carbocycles. The van der Waals surface area contributed by atoms with E-state index in [1.165, 1.54) is 12.8 Å². The lowest BCUT2D eigenvalue weighted by molar-refractivity contribution is 0.239. The molecule has 1 rings (SSSR count). The van der Waals surface area contributed by atoms with E-state index in [1.54, 1.807) is 0 Å². The van der Waals surface area contributed by atoms with Crippen LogP contribution in [0.2, 0.25) is 0 Å². The zero-order chi connectivity index (χ0) is 7.40. The minimum atomic E-state index is -0.184. The summed E-state index contributed by atoms with van der Waals surface area (Å²) in [5.74, 6) is 0. The molecule has 10 heavy (non-hydrogen) atoms. The highest BCUT2D eigenvalue weighted by atomic mass is 19.1. The summed E-state index contributed by atoms with van der Waals surface area (Å²) < 4.78 is 11.9. The molecule has 1 nitrogen and oxygen atoms in total. The minimum absolute atomic E-state index is 0.184. The predicted octanol–water partition coefficient (Wildman–Crippen LogP) is 1.83. The van der Waals surface area contributed by atoms with Gasteiger partial charge in [0.2, 0.25) is 0 Å². The molecule has 0 amide bonds. The summed E-state index contributed by atoms with van der Waals surface area (Å²) in [6.07, 6.45) is 3.73. The van der Waals surface area contributed by atoms with Crippen molar-refractivity contribution in [3.05, 3.63) is 0 Å². The fourth-order valence-corrected chi connectivity index (χ4v) is 1.31. The van der Waals surface area contributed by atoms with Gasteiger partial charge in [-0.15, -0.1) is 0 Å². The second-order valence-corrected chi connectivity index (χ2v) is 2.96. The average molecular weight is 145 g/mol. The Kier molecular flexibility index (Phi) is 3.13. The van der Waals surface area contributed by atoms with E-state index in [4.69, 9.17) is 0 Å². The van der Waals surface area contributed by atoms with Gasteiger partial charge in [-0.3, -0.25) is 4.90 Å². The van der Waals surface area contributed by atoms with E-state index < -0.39 is 0 Å². The summed E-state index contributed by atoms with van der Waals surface area (Å²) in [6.45, 7) is 3.69. The Bertz CT molecular complexity index is 85.3. The van der Waals surface area contributed by atoms with Gasteiger partial charge < -0.3 is 0 Å². The molecular weight excluding hydrogens is 129 g/mol. The van der Waals surface area contributed by atoms with Crippen molar-refractivity contribution < 1.29 is 4.39 Å². The van der Waals surface area contributed by atoms with E-state index in [2.05, 4.69) is 11.8 Å². The van der Waals surface area contributed by atoms with Gasteiger partial charge in [-0.05, 0) is 25.8 Å². The Morgan fingerprint density at radius 2 is 2.10 bits per heavy atom. The molecule has 0 radical (unpaired) electrons. The molecular formula is C8H16FN. The fourth-order valence-electron chi connectivity index (χ4n) is 1.31. The number of nitrogens with zero attached hydrogens (tertiary/aromatic N) is 1. The molecule has 0 N–H and O–H groups in total. The number of halogens is 1. The molecule has 1 aliphatic carbocycles. The standard InChI is InChI=1S/C8H16FN/c1-2-6-10(7-5-9)8-3-4-8/h8H,2-7H2,1H3. The van der Waals surface area contributed by atoms with Gasteiger partial charge in [0.1, 0.15) is 6.67 Å². The van der Waals surface area contributed by atoms with Gasteiger partial charge in [0.05, 0.1) is 0 Å². The highest BCUT2D eigenvalue weighted by Crippen LogP contribution is 2.26. The van der Waals surface area contributed by atoms with Gasteiger partial charge in [-0.1, -0.05) is 6.92 Å². The molecule has 0 unspecified atom stereocenters. The molecule has 0 aromatic carbocycles. The number of hydrogen-bond donors (Lipinski definition) is 0. The van der Waals surface area contributed by atoms with Crippen LogP contribution in [0, 0.1) is 0 Å². The van der Waals surface area contributed by atoms with E-state index in [-0.39, 0.29) is 6.67 Å². The Balaban J connectivity index is 2.13. The smallest absolute Gasteiger partial charge is 0.102 e. The van der Waals surface area contributed by atoms with Gasteiger partial charge in [0, 0.05) is 12.6 Å². The maximum Gasteiger partial charge on any atom is 0.102 e. The first kappa shape index (κ1) is 7.99. The number of alkyl halides is 1. The van der Waals surface area contributed by atoms with Crippen LogP contribution in [-0.2, 0) is 0 Å². The molecule has 2 heteroatoms.